The number of rotatable bonds is 3. The van der Waals surface area contributed by atoms with Crippen LogP contribution >= 0.6 is 11.3 Å². The minimum absolute atomic E-state index is 0.395. The second-order valence-electron chi connectivity index (χ2n) is 3.87. The number of aromatic nitrogens is 3. The fourth-order valence-corrected chi connectivity index (χ4v) is 2.78. The van der Waals surface area contributed by atoms with Crippen molar-refractivity contribution in [1.29, 1.82) is 0 Å². The highest BCUT2D eigenvalue weighted by molar-refractivity contribution is 7.21. The second-order valence-corrected chi connectivity index (χ2v) is 4.90. The zero-order valence-corrected chi connectivity index (χ0v) is 11.1. The number of thiazole rings is 1. The molecular formula is C13H12N4OS. The van der Waals surface area contributed by atoms with Crippen LogP contribution in [0, 0.1) is 0 Å². The molecule has 96 valence electrons. The number of ether oxygens (including phenoxy) is 1. The summed E-state index contributed by atoms with van der Waals surface area (Å²) >= 11 is 1.53. The SMILES string of the molecule is CCOc1ccc2nc(-c3nccnc3N)sc2c1. The number of nitrogens with zero attached hydrogens (tertiary/aromatic N) is 3. The topological polar surface area (TPSA) is 73.9 Å². The normalized spacial score (nSPS) is 10.8. The van der Waals surface area contributed by atoms with Crippen molar-refractivity contribution in [2.75, 3.05) is 12.3 Å². The molecule has 0 amide bonds. The Kier molecular flexibility index (Phi) is 3.00. The Balaban J connectivity index is 2.09. The quantitative estimate of drug-likeness (QED) is 0.793. The minimum atomic E-state index is 0.395. The largest absolute Gasteiger partial charge is 0.494 e. The molecule has 0 bridgehead atoms. The fourth-order valence-electron chi connectivity index (χ4n) is 1.78. The summed E-state index contributed by atoms with van der Waals surface area (Å²) in [6, 6.07) is 5.83. The molecule has 2 N–H and O–H groups in total. The Morgan fingerprint density at radius 2 is 2.11 bits per heavy atom. The van der Waals surface area contributed by atoms with Gasteiger partial charge in [-0.05, 0) is 25.1 Å². The molecule has 0 aliphatic carbocycles. The second kappa shape index (κ2) is 4.81. The zero-order chi connectivity index (χ0) is 13.2. The lowest BCUT2D eigenvalue weighted by molar-refractivity contribution is 0.341. The third-order valence-electron chi connectivity index (χ3n) is 2.60. The van der Waals surface area contributed by atoms with Crippen LogP contribution in [-0.2, 0) is 0 Å². The molecule has 2 aromatic heterocycles. The molecule has 3 aromatic rings. The monoisotopic (exact) mass is 272 g/mol. The van der Waals surface area contributed by atoms with Crippen molar-refractivity contribution in [3.63, 3.8) is 0 Å². The molecule has 0 aliphatic heterocycles. The van der Waals surface area contributed by atoms with Crippen LogP contribution in [0.4, 0.5) is 5.82 Å². The fraction of sp³-hybridized carbons (Fsp3) is 0.154. The van der Waals surface area contributed by atoms with Crippen LogP contribution in [0.2, 0.25) is 0 Å². The van der Waals surface area contributed by atoms with Crippen molar-refractivity contribution in [2.45, 2.75) is 6.92 Å². The van der Waals surface area contributed by atoms with Gasteiger partial charge in [-0.1, -0.05) is 0 Å². The van der Waals surface area contributed by atoms with Gasteiger partial charge in [0.2, 0.25) is 0 Å². The third kappa shape index (κ3) is 2.22. The Morgan fingerprint density at radius 1 is 1.26 bits per heavy atom. The summed E-state index contributed by atoms with van der Waals surface area (Å²) in [6.07, 6.45) is 3.18. The third-order valence-corrected chi connectivity index (χ3v) is 3.62. The van der Waals surface area contributed by atoms with Crippen LogP contribution in [0.1, 0.15) is 6.92 Å². The van der Waals surface area contributed by atoms with Gasteiger partial charge in [0.05, 0.1) is 16.8 Å². The highest BCUT2D eigenvalue weighted by atomic mass is 32.1. The van der Waals surface area contributed by atoms with Crippen molar-refractivity contribution >= 4 is 27.4 Å². The number of anilines is 1. The lowest BCUT2D eigenvalue weighted by Crippen LogP contribution is -1.95. The number of hydrogen-bond donors (Lipinski definition) is 1. The maximum atomic E-state index is 5.82. The van der Waals surface area contributed by atoms with Gasteiger partial charge < -0.3 is 10.5 Å². The van der Waals surface area contributed by atoms with Crippen LogP contribution in [0.15, 0.2) is 30.6 Å². The molecule has 2 heterocycles. The van der Waals surface area contributed by atoms with Crippen LogP contribution in [0.3, 0.4) is 0 Å². The first kappa shape index (κ1) is 11.9. The number of nitrogen functional groups attached to an aromatic ring is 1. The summed E-state index contributed by atoms with van der Waals surface area (Å²) in [5.74, 6) is 1.24. The van der Waals surface area contributed by atoms with Gasteiger partial charge >= 0.3 is 0 Å². The molecule has 0 unspecified atom stereocenters. The molecule has 1 aromatic carbocycles. The molecular weight excluding hydrogens is 260 g/mol. The average Bonchev–Trinajstić information content (AvgIpc) is 2.82. The van der Waals surface area contributed by atoms with Crippen LogP contribution in [0.25, 0.3) is 20.9 Å². The maximum Gasteiger partial charge on any atom is 0.152 e. The molecule has 0 atom stereocenters. The van der Waals surface area contributed by atoms with Crippen LogP contribution < -0.4 is 10.5 Å². The van der Waals surface area contributed by atoms with E-state index in [-0.39, 0.29) is 0 Å². The molecule has 0 fully saturated rings. The van der Waals surface area contributed by atoms with E-state index < -0.39 is 0 Å². The Labute approximate surface area is 114 Å². The number of nitrogens with two attached hydrogens (primary N) is 1. The van der Waals surface area contributed by atoms with E-state index in [9.17, 15) is 0 Å². The van der Waals surface area contributed by atoms with E-state index in [2.05, 4.69) is 15.0 Å². The molecule has 3 rings (SSSR count). The molecule has 0 aliphatic rings. The first-order valence-electron chi connectivity index (χ1n) is 5.88. The van der Waals surface area contributed by atoms with Gasteiger partial charge in [0.15, 0.2) is 5.82 Å². The van der Waals surface area contributed by atoms with Gasteiger partial charge in [-0.25, -0.2) is 15.0 Å². The first-order chi connectivity index (χ1) is 9.28. The number of fused-ring (bicyclic) bond motifs is 1. The Morgan fingerprint density at radius 3 is 2.89 bits per heavy atom. The smallest absolute Gasteiger partial charge is 0.152 e. The van der Waals surface area contributed by atoms with Gasteiger partial charge in [-0.2, -0.15) is 0 Å². The first-order valence-corrected chi connectivity index (χ1v) is 6.70. The lowest BCUT2D eigenvalue weighted by atomic mass is 10.3. The maximum absolute atomic E-state index is 5.82. The van der Waals surface area contributed by atoms with Gasteiger partial charge in [0, 0.05) is 12.4 Å². The lowest BCUT2D eigenvalue weighted by Gasteiger charge is -2.00. The number of benzene rings is 1. The van der Waals surface area contributed by atoms with Crippen molar-refractivity contribution in [1.82, 2.24) is 15.0 Å². The Hall–Kier alpha value is -2.21. The molecule has 19 heavy (non-hydrogen) atoms. The van der Waals surface area contributed by atoms with Crippen LogP contribution in [-0.4, -0.2) is 21.6 Å². The van der Waals surface area contributed by atoms with E-state index in [1.54, 1.807) is 12.4 Å². The van der Waals surface area contributed by atoms with E-state index >= 15 is 0 Å². The standard InChI is InChI=1S/C13H12N4OS/c1-2-18-8-3-4-9-10(7-8)19-13(17-9)11-12(14)16-6-5-15-11/h3-7H,2H2,1H3,(H2,14,16). The van der Waals surface area contributed by atoms with Crippen molar-refractivity contribution in [2.24, 2.45) is 0 Å². The summed E-state index contributed by atoms with van der Waals surface area (Å²) in [5.41, 5.74) is 7.36. The highest BCUT2D eigenvalue weighted by Crippen LogP contribution is 2.32. The Bertz CT molecular complexity index is 725. The highest BCUT2D eigenvalue weighted by Gasteiger charge is 2.11. The van der Waals surface area contributed by atoms with Crippen LogP contribution in [0.5, 0.6) is 5.75 Å². The summed E-state index contributed by atoms with van der Waals surface area (Å²) in [7, 11) is 0. The average molecular weight is 272 g/mol. The predicted octanol–water partition coefficient (Wildman–Crippen LogP) is 2.73. The van der Waals surface area contributed by atoms with Gasteiger partial charge in [0.25, 0.3) is 0 Å². The summed E-state index contributed by atoms with van der Waals surface area (Å²) in [5, 5.41) is 0.772. The summed E-state index contributed by atoms with van der Waals surface area (Å²) in [6.45, 7) is 2.61. The van der Waals surface area contributed by atoms with Crippen molar-refractivity contribution in [3.8, 4) is 16.5 Å². The summed E-state index contributed by atoms with van der Waals surface area (Å²) < 4.78 is 6.53. The van der Waals surface area contributed by atoms with Gasteiger partial charge in [-0.15, -0.1) is 11.3 Å². The van der Waals surface area contributed by atoms with Gasteiger partial charge in [-0.3, -0.25) is 0 Å². The van der Waals surface area contributed by atoms with E-state index in [0.717, 1.165) is 21.0 Å². The van der Waals surface area contributed by atoms with E-state index in [1.165, 1.54) is 11.3 Å². The van der Waals surface area contributed by atoms with E-state index in [4.69, 9.17) is 10.5 Å². The molecule has 0 saturated carbocycles. The minimum Gasteiger partial charge on any atom is -0.494 e. The van der Waals surface area contributed by atoms with Crippen molar-refractivity contribution in [3.05, 3.63) is 30.6 Å². The van der Waals surface area contributed by atoms with Gasteiger partial charge in [0.1, 0.15) is 16.5 Å². The van der Waals surface area contributed by atoms with E-state index in [0.29, 0.717) is 18.1 Å². The molecule has 0 saturated heterocycles. The summed E-state index contributed by atoms with van der Waals surface area (Å²) in [4.78, 5) is 12.8. The number of hydrogen-bond acceptors (Lipinski definition) is 6. The molecule has 0 radical (unpaired) electrons. The zero-order valence-electron chi connectivity index (χ0n) is 10.3. The van der Waals surface area contributed by atoms with E-state index in [1.807, 2.05) is 25.1 Å². The molecule has 0 spiro atoms. The molecule has 6 heteroatoms. The predicted molar refractivity (Wildman–Crippen MR) is 76.2 cm³/mol. The molecule has 5 nitrogen and oxygen atoms in total. The van der Waals surface area contributed by atoms with Crippen molar-refractivity contribution < 1.29 is 4.74 Å².